The molecule has 31 heavy (non-hydrogen) atoms. The van der Waals surface area contributed by atoms with Crippen LogP contribution in [0.15, 0.2) is 58.3 Å². The molecule has 0 bridgehead atoms. The SMILES string of the molecule is Cc1ccc(-c2nnc(C(C)OC(=O)c3csc(COc4ccc(F)cc4)n3)o2)cc1. The first-order valence-corrected chi connectivity index (χ1v) is 10.3. The number of ether oxygens (including phenoxy) is 2. The molecule has 0 saturated carbocycles. The van der Waals surface area contributed by atoms with Crippen LogP contribution in [-0.2, 0) is 11.3 Å². The van der Waals surface area contributed by atoms with E-state index in [9.17, 15) is 9.18 Å². The van der Waals surface area contributed by atoms with Crippen molar-refractivity contribution in [1.82, 2.24) is 15.2 Å². The zero-order valence-corrected chi connectivity index (χ0v) is 17.6. The van der Waals surface area contributed by atoms with E-state index in [0.717, 1.165) is 11.1 Å². The molecule has 2 aromatic carbocycles. The Morgan fingerprint density at radius 1 is 1.13 bits per heavy atom. The van der Waals surface area contributed by atoms with Gasteiger partial charge in [0.25, 0.3) is 5.89 Å². The van der Waals surface area contributed by atoms with Crippen molar-refractivity contribution in [2.75, 3.05) is 0 Å². The number of aryl methyl sites for hydroxylation is 1. The lowest BCUT2D eigenvalue weighted by molar-refractivity contribution is 0.0273. The molecule has 0 aliphatic heterocycles. The van der Waals surface area contributed by atoms with Crippen molar-refractivity contribution >= 4 is 17.3 Å². The van der Waals surface area contributed by atoms with Gasteiger partial charge in [-0.05, 0) is 50.2 Å². The summed E-state index contributed by atoms with van der Waals surface area (Å²) in [4.78, 5) is 16.6. The zero-order chi connectivity index (χ0) is 21.8. The maximum Gasteiger partial charge on any atom is 0.358 e. The monoisotopic (exact) mass is 439 g/mol. The number of halogens is 1. The number of carbonyl (C=O) groups is 1. The number of esters is 1. The van der Waals surface area contributed by atoms with Crippen molar-refractivity contribution in [3.05, 3.63) is 81.9 Å². The van der Waals surface area contributed by atoms with E-state index >= 15 is 0 Å². The minimum atomic E-state index is -0.736. The highest BCUT2D eigenvalue weighted by Gasteiger charge is 2.21. The van der Waals surface area contributed by atoms with Crippen LogP contribution in [0.25, 0.3) is 11.5 Å². The summed E-state index contributed by atoms with van der Waals surface area (Å²) in [7, 11) is 0. The first kappa shape index (κ1) is 20.7. The van der Waals surface area contributed by atoms with Gasteiger partial charge in [0.1, 0.15) is 23.2 Å². The minimum Gasteiger partial charge on any atom is -0.486 e. The van der Waals surface area contributed by atoms with Gasteiger partial charge in [0, 0.05) is 10.9 Å². The third-order valence-corrected chi connectivity index (χ3v) is 5.13. The average molecular weight is 439 g/mol. The molecule has 2 aromatic heterocycles. The molecule has 0 N–H and O–H groups in total. The summed E-state index contributed by atoms with van der Waals surface area (Å²) in [5.41, 5.74) is 2.07. The summed E-state index contributed by atoms with van der Waals surface area (Å²) >= 11 is 1.26. The Morgan fingerprint density at radius 3 is 2.61 bits per heavy atom. The maximum atomic E-state index is 12.9. The molecule has 0 aliphatic carbocycles. The van der Waals surface area contributed by atoms with Gasteiger partial charge in [0.05, 0.1) is 0 Å². The number of nitrogens with zero attached hydrogens (tertiary/aromatic N) is 3. The third-order valence-electron chi connectivity index (χ3n) is 4.31. The van der Waals surface area contributed by atoms with Crippen LogP contribution in [-0.4, -0.2) is 21.2 Å². The van der Waals surface area contributed by atoms with Gasteiger partial charge in [-0.15, -0.1) is 21.5 Å². The summed E-state index contributed by atoms with van der Waals surface area (Å²) in [5.74, 6) is 0.112. The van der Waals surface area contributed by atoms with Crippen molar-refractivity contribution < 1.29 is 23.1 Å². The standard InChI is InChI=1S/C22H18FN3O4S/c1-13-3-5-15(6-4-13)21-26-25-20(30-21)14(2)29-22(27)18-12-31-19(24-18)11-28-17-9-7-16(23)8-10-17/h3-10,12,14H,11H2,1-2H3. The highest BCUT2D eigenvalue weighted by Crippen LogP contribution is 2.24. The van der Waals surface area contributed by atoms with Gasteiger partial charge in [-0.1, -0.05) is 17.7 Å². The Balaban J connectivity index is 1.35. The minimum absolute atomic E-state index is 0.155. The van der Waals surface area contributed by atoms with Crippen LogP contribution in [0.1, 0.15) is 40.0 Å². The molecule has 158 valence electrons. The molecule has 1 atom stereocenters. The van der Waals surface area contributed by atoms with E-state index in [2.05, 4.69) is 15.2 Å². The topological polar surface area (TPSA) is 87.3 Å². The highest BCUT2D eigenvalue weighted by atomic mass is 32.1. The second-order valence-electron chi connectivity index (χ2n) is 6.73. The molecular formula is C22H18FN3O4S. The molecule has 0 saturated heterocycles. The van der Waals surface area contributed by atoms with E-state index < -0.39 is 12.1 Å². The molecule has 1 unspecified atom stereocenters. The number of thiazole rings is 1. The van der Waals surface area contributed by atoms with Crippen LogP contribution in [0.4, 0.5) is 4.39 Å². The quantitative estimate of drug-likeness (QED) is 0.369. The van der Waals surface area contributed by atoms with Gasteiger partial charge >= 0.3 is 5.97 Å². The smallest absolute Gasteiger partial charge is 0.358 e. The lowest BCUT2D eigenvalue weighted by Crippen LogP contribution is -2.10. The highest BCUT2D eigenvalue weighted by molar-refractivity contribution is 7.09. The van der Waals surface area contributed by atoms with Gasteiger partial charge < -0.3 is 13.9 Å². The molecule has 0 aliphatic rings. The van der Waals surface area contributed by atoms with Gasteiger partial charge in [0.2, 0.25) is 5.89 Å². The van der Waals surface area contributed by atoms with Crippen molar-refractivity contribution in [2.24, 2.45) is 0 Å². The molecule has 7 nitrogen and oxygen atoms in total. The van der Waals surface area contributed by atoms with Crippen molar-refractivity contribution in [1.29, 1.82) is 0 Å². The van der Waals surface area contributed by atoms with Crippen LogP contribution in [0.2, 0.25) is 0 Å². The number of hydrogen-bond donors (Lipinski definition) is 0. The van der Waals surface area contributed by atoms with E-state index in [1.54, 1.807) is 12.3 Å². The lowest BCUT2D eigenvalue weighted by Gasteiger charge is -2.07. The van der Waals surface area contributed by atoms with Crippen molar-refractivity contribution in [3.63, 3.8) is 0 Å². The normalized spacial score (nSPS) is 11.8. The Labute approximate surface area is 181 Å². The Morgan fingerprint density at radius 2 is 1.87 bits per heavy atom. The summed E-state index contributed by atoms with van der Waals surface area (Å²) in [6, 6.07) is 13.3. The van der Waals surface area contributed by atoms with Gasteiger partial charge in [0.15, 0.2) is 11.8 Å². The summed E-state index contributed by atoms with van der Waals surface area (Å²) in [6.45, 7) is 3.79. The fourth-order valence-electron chi connectivity index (χ4n) is 2.63. The predicted octanol–water partition coefficient (Wildman–Crippen LogP) is 5.14. The molecule has 9 heteroatoms. The molecule has 0 fully saturated rings. The summed E-state index contributed by atoms with van der Waals surface area (Å²) in [5, 5.41) is 10.2. The average Bonchev–Trinajstić information content (AvgIpc) is 3.44. The lowest BCUT2D eigenvalue weighted by atomic mass is 10.1. The third kappa shape index (κ3) is 5.13. The van der Waals surface area contributed by atoms with E-state index in [-0.39, 0.29) is 24.0 Å². The van der Waals surface area contributed by atoms with Gasteiger partial charge in [-0.2, -0.15) is 0 Å². The maximum absolute atomic E-state index is 12.9. The van der Waals surface area contributed by atoms with E-state index in [4.69, 9.17) is 13.9 Å². The molecule has 0 amide bonds. The molecule has 4 rings (SSSR count). The summed E-state index contributed by atoms with van der Waals surface area (Å²) in [6.07, 6.45) is -0.736. The summed E-state index contributed by atoms with van der Waals surface area (Å²) < 4.78 is 29.5. The second-order valence-corrected chi connectivity index (χ2v) is 7.67. The van der Waals surface area contributed by atoms with Gasteiger partial charge in [-0.3, -0.25) is 0 Å². The van der Waals surface area contributed by atoms with Crippen molar-refractivity contribution in [2.45, 2.75) is 26.6 Å². The number of benzene rings is 2. The number of carbonyl (C=O) groups excluding carboxylic acids is 1. The molecule has 0 radical (unpaired) electrons. The first-order chi connectivity index (χ1) is 15.0. The fraction of sp³-hybridized carbons (Fsp3) is 0.182. The predicted molar refractivity (Wildman–Crippen MR) is 111 cm³/mol. The fourth-order valence-corrected chi connectivity index (χ4v) is 3.30. The molecule has 4 aromatic rings. The molecule has 0 spiro atoms. The molecule has 2 heterocycles. The van der Waals surface area contributed by atoms with Crippen LogP contribution < -0.4 is 4.74 Å². The van der Waals surface area contributed by atoms with E-state index in [0.29, 0.717) is 16.6 Å². The Kier molecular flexibility index (Phi) is 6.03. The molecular weight excluding hydrogens is 421 g/mol. The van der Waals surface area contributed by atoms with Crippen LogP contribution in [0, 0.1) is 12.7 Å². The largest absolute Gasteiger partial charge is 0.486 e. The second kappa shape index (κ2) is 9.05. The van der Waals surface area contributed by atoms with Crippen LogP contribution in [0.5, 0.6) is 5.75 Å². The van der Waals surface area contributed by atoms with Crippen molar-refractivity contribution in [3.8, 4) is 17.2 Å². The Hall–Kier alpha value is -3.59. The van der Waals surface area contributed by atoms with E-state index in [1.165, 1.54) is 35.6 Å². The van der Waals surface area contributed by atoms with Gasteiger partial charge in [-0.25, -0.2) is 14.2 Å². The number of hydrogen-bond acceptors (Lipinski definition) is 8. The van der Waals surface area contributed by atoms with Crippen LogP contribution in [0.3, 0.4) is 0 Å². The zero-order valence-electron chi connectivity index (χ0n) is 16.7. The number of aromatic nitrogens is 3. The Bertz CT molecular complexity index is 1170. The number of rotatable bonds is 7. The van der Waals surface area contributed by atoms with E-state index in [1.807, 2.05) is 31.2 Å². The first-order valence-electron chi connectivity index (χ1n) is 9.42. The van der Waals surface area contributed by atoms with Crippen LogP contribution >= 0.6 is 11.3 Å².